The number of nitrogens with zero attached hydrogens (tertiary/aromatic N) is 1. The summed E-state index contributed by atoms with van der Waals surface area (Å²) in [5, 5.41) is 10.9. The number of aryl methyl sites for hydroxylation is 1. The second-order valence-electron chi connectivity index (χ2n) is 4.76. The molecule has 21 heavy (non-hydrogen) atoms. The summed E-state index contributed by atoms with van der Waals surface area (Å²) < 4.78 is 5.94. The maximum absolute atomic E-state index is 9.45. The van der Waals surface area contributed by atoms with Crippen molar-refractivity contribution in [1.82, 2.24) is 4.98 Å². The highest BCUT2D eigenvalue weighted by Crippen LogP contribution is 2.33. The molecule has 3 rings (SSSR count). The standard InChI is InChI=1S/C17H14ClNO2/c1-11-8-9-12-4-2-7-16(17(12)19-11)21-15-6-3-5-14(18)13(15)10-20/h2-9,20H,10H2,1H3. The average Bonchev–Trinajstić information content (AvgIpc) is 2.48. The lowest BCUT2D eigenvalue weighted by Gasteiger charge is -2.12. The Kier molecular flexibility index (Phi) is 3.78. The maximum Gasteiger partial charge on any atom is 0.153 e. The van der Waals surface area contributed by atoms with Crippen LogP contribution in [0.4, 0.5) is 0 Å². The summed E-state index contributed by atoms with van der Waals surface area (Å²) >= 11 is 6.08. The van der Waals surface area contributed by atoms with Crippen LogP contribution in [0.3, 0.4) is 0 Å². The lowest BCUT2D eigenvalue weighted by molar-refractivity contribution is 0.276. The quantitative estimate of drug-likeness (QED) is 0.775. The number of fused-ring (bicyclic) bond motifs is 1. The van der Waals surface area contributed by atoms with Crippen LogP contribution in [0.1, 0.15) is 11.3 Å². The topological polar surface area (TPSA) is 42.4 Å². The third-order valence-electron chi connectivity index (χ3n) is 3.28. The van der Waals surface area contributed by atoms with Crippen LogP contribution in [0.5, 0.6) is 11.5 Å². The predicted molar refractivity (Wildman–Crippen MR) is 83.9 cm³/mol. The number of aliphatic hydroxyl groups is 1. The molecular formula is C17H14ClNO2. The molecule has 0 aliphatic heterocycles. The highest BCUT2D eigenvalue weighted by Gasteiger charge is 2.10. The Hall–Kier alpha value is -2.10. The van der Waals surface area contributed by atoms with Crippen LogP contribution in [0, 0.1) is 6.92 Å². The van der Waals surface area contributed by atoms with E-state index in [-0.39, 0.29) is 6.61 Å². The van der Waals surface area contributed by atoms with Crippen LogP contribution < -0.4 is 4.74 Å². The molecule has 0 bridgehead atoms. The first-order chi connectivity index (χ1) is 10.2. The number of aromatic nitrogens is 1. The first kappa shape index (κ1) is 13.9. The lowest BCUT2D eigenvalue weighted by atomic mass is 10.2. The minimum Gasteiger partial charge on any atom is -0.455 e. The average molecular weight is 300 g/mol. The summed E-state index contributed by atoms with van der Waals surface area (Å²) in [6.07, 6.45) is 0. The van der Waals surface area contributed by atoms with Gasteiger partial charge in [-0.05, 0) is 31.2 Å². The van der Waals surface area contributed by atoms with E-state index in [2.05, 4.69) is 4.98 Å². The number of rotatable bonds is 3. The monoisotopic (exact) mass is 299 g/mol. The van der Waals surface area contributed by atoms with Crippen molar-refractivity contribution in [3.05, 3.63) is 64.8 Å². The lowest BCUT2D eigenvalue weighted by Crippen LogP contribution is -1.94. The summed E-state index contributed by atoms with van der Waals surface area (Å²) in [5.41, 5.74) is 2.29. The molecule has 0 aliphatic rings. The SMILES string of the molecule is Cc1ccc2cccc(Oc3cccc(Cl)c3CO)c2n1. The Balaban J connectivity index is 2.10. The predicted octanol–water partition coefficient (Wildman–Crippen LogP) is 4.48. The fourth-order valence-electron chi connectivity index (χ4n) is 2.21. The Bertz CT molecular complexity index is 802. The summed E-state index contributed by atoms with van der Waals surface area (Å²) in [6.45, 7) is 1.76. The van der Waals surface area contributed by atoms with Gasteiger partial charge in [-0.1, -0.05) is 35.9 Å². The molecule has 0 aliphatic carbocycles. The van der Waals surface area contributed by atoms with Crippen LogP contribution in [0.15, 0.2) is 48.5 Å². The van der Waals surface area contributed by atoms with Gasteiger partial charge in [0, 0.05) is 21.7 Å². The zero-order valence-electron chi connectivity index (χ0n) is 11.5. The number of aliphatic hydroxyl groups excluding tert-OH is 1. The Morgan fingerprint density at radius 3 is 2.62 bits per heavy atom. The minimum atomic E-state index is -0.174. The van der Waals surface area contributed by atoms with Crippen LogP contribution in [0.2, 0.25) is 5.02 Å². The number of benzene rings is 2. The van der Waals surface area contributed by atoms with Gasteiger partial charge < -0.3 is 9.84 Å². The second kappa shape index (κ2) is 5.72. The highest BCUT2D eigenvalue weighted by atomic mass is 35.5. The first-order valence-corrected chi connectivity index (χ1v) is 6.99. The number of pyridine rings is 1. The van der Waals surface area contributed by atoms with Gasteiger partial charge in [0.2, 0.25) is 0 Å². The van der Waals surface area contributed by atoms with Crippen molar-refractivity contribution in [2.45, 2.75) is 13.5 Å². The summed E-state index contributed by atoms with van der Waals surface area (Å²) in [6, 6.07) is 15.0. The van der Waals surface area contributed by atoms with Gasteiger partial charge in [-0.2, -0.15) is 0 Å². The van der Waals surface area contributed by atoms with Crippen molar-refractivity contribution in [3.63, 3.8) is 0 Å². The van der Waals surface area contributed by atoms with E-state index in [0.29, 0.717) is 22.1 Å². The Labute approximate surface area is 127 Å². The Morgan fingerprint density at radius 2 is 1.81 bits per heavy atom. The highest BCUT2D eigenvalue weighted by molar-refractivity contribution is 6.31. The maximum atomic E-state index is 9.45. The van der Waals surface area contributed by atoms with Crippen LogP contribution in [-0.2, 0) is 6.61 Å². The van der Waals surface area contributed by atoms with Gasteiger partial charge in [0.05, 0.1) is 6.61 Å². The number of halogens is 1. The van der Waals surface area contributed by atoms with Crippen molar-refractivity contribution in [1.29, 1.82) is 0 Å². The van der Waals surface area contributed by atoms with Gasteiger partial charge in [0.15, 0.2) is 5.75 Å². The largest absolute Gasteiger partial charge is 0.455 e. The van der Waals surface area contributed by atoms with E-state index in [4.69, 9.17) is 16.3 Å². The van der Waals surface area contributed by atoms with Crippen molar-refractivity contribution >= 4 is 22.5 Å². The summed E-state index contributed by atoms with van der Waals surface area (Å²) in [7, 11) is 0. The normalized spacial score (nSPS) is 10.8. The van der Waals surface area contributed by atoms with Crippen molar-refractivity contribution in [3.8, 4) is 11.5 Å². The van der Waals surface area contributed by atoms with Crippen LogP contribution in [-0.4, -0.2) is 10.1 Å². The van der Waals surface area contributed by atoms with E-state index in [1.165, 1.54) is 0 Å². The van der Waals surface area contributed by atoms with Crippen LogP contribution in [0.25, 0.3) is 10.9 Å². The Morgan fingerprint density at radius 1 is 1.05 bits per heavy atom. The van der Waals surface area contributed by atoms with E-state index in [1.807, 2.05) is 37.3 Å². The molecule has 2 aromatic carbocycles. The second-order valence-corrected chi connectivity index (χ2v) is 5.16. The van der Waals surface area contributed by atoms with E-state index in [0.717, 1.165) is 16.6 Å². The molecule has 1 heterocycles. The van der Waals surface area contributed by atoms with Gasteiger partial charge in [0.1, 0.15) is 11.3 Å². The number of para-hydroxylation sites is 1. The smallest absolute Gasteiger partial charge is 0.153 e. The number of hydrogen-bond acceptors (Lipinski definition) is 3. The van der Waals surface area contributed by atoms with Crippen molar-refractivity contribution in [2.24, 2.45) is 0 Å². The van der Waals surface area contributed by atoms with Gasteiger partial charge >= 0.3 is 0 Å². The van der Waals surface area contributed by atoms with E-state index in [9.17, 15) is 5.11 Å². The molecule has 0 radical (unpaired) electrons. The molecule has 3 aromatic rings. The fourth-order valence-corrected chi connectivity index (χ4v) is 2.43. The molecule has 0 saturated heterocycles. The molecule has 0 spiro atoms. The number of ether oxygens (including phenoxy) is 1. The zero-order valence-corrected chi connectivity index (χ0v) is 12.3. The molecule has 0 unspecified atom stereocenters. The number of hydrogen-bond donors (Lipinski definition) is 1. The minimum absolute atomic E-state index is 0.174. The zero-order chi connectivity index (χ0) is 14.8. The molecule has 1 N–H and O–H groups in total. The molecule has 0 amide bonds. The molecule has 4 heteroatoms. The van der Waals surface area contributed by atoms with Crippen LogP contribution >= 0.6 is 11.6 Å². The fraction of sp³-hybridized carbons (Fsp3) is 0.118. The van der Waals surface area contributed by atoms with Gasteiger partial charge in [-0.3, -0.25) is 0 Å². The molecule has 3 nitrogen and oxygen atoms in total. The third kappa shape index (κ3) is 2.71. The van der Waals surface area contributed by atoms with E-state index >= 15 is 0 Å². The molecule has 0 saturated carbocycles. The van der Waals surface area contributed by atoms with E-state index < -0.39 is 0 Å². The molecule has 1 aromatic heterocycles. The molecule has 0 fully saturated rings. The van der Waals surface area contributed by atoms with Gasteiger partial charge in [-0.25, -0.2) is 4.98 Å². The first-order valence-electron chi connectivity index (χ1n) is 6.61. The van der Waals surface area contributed by atoms with E-state index in [1.54, 1.807) is 18.2 Å². The molecular weight excluding hydrogens is 286 g/mol. The van der Waals surface area contributed by atoms with Gasteiger partial charge in [-0.15, -0.1) is 0 Å². The van der Waals surface area contributed by atoms with Crippen molar-refractivity contribution in [2.75, 3.05) is 0 Å². The molecule has 106 valence electrons. The summed E-state index contributed by atoms with van der Waals surface area (Å²) in [5.74, 6) is 1.19. The third-order valence-corrected chi connectivity index (χ3v) is 3.63. The summed E-state index contributed by atoms with van der Waals surface area (Å²) in [4.78, 5) is 4.53. The van der Waals surface area contributed by atoms with Crippen molar-refractivity contribution < 1.29 is 9.84 Å². The molecule has 0 atom stereocenters. The van der Waals surface area contributed by atoms with Gasteiger partial charge in [0.25, 0.3) is 0 Å².